The first-order valence-corrected chi connectivity index (χ1v) is 14.0. The molecule has 1 N–H and O–H groups in total. The Morgan fingerprint density at radius 2 is 1.97 bits per heavy atom. The Bertz CT molecular complexity index is 1290. The van der Waals surface area contributed by atoms with Crippen LogP contribution in [0.2, 0.25) is 0 Å². The second kappa shape index (κ2) is 11.9. The van der Waals surface area contributed by atoms with Crippen molar-refractivity contribution in [2.75, 3.05) is 26.2 Å². The number of benzene rings is 2. The summed E-state index contributed by atoms with van der Waals surface area (Å²) >= 11 is 0. The SMILES string of the molecule is Cl.Cn1cnc(S(=O)(=O)NCCOc2ccc3c(c2)C(Cc2ccccc2)C(N2CCC(F)C2)CC3)c1. The standard InChI is InChI=1S/C27H33FN4O3S.ClH/c1-31-18-27(29-19-31)36(33,34)30-12-14-35-23-9-7-21-8-10-26(32-13-11-22(28)17-32)25(24(21)16-23)15-20-5-3-2-4-6-20;/h2-7,9,16,18-19,22,25-26,30H,8,10-15,17H2,1H3;1H. The van der Waals surface area contributed by atoms with Gasteiger partial charge in [-0.05, 0) is 54.5 Å². The van der Waals surface area contributed by atoms with Gasteiger partial charge in [-0.1, -0.05) is 36.4 Å². The van der Waals surface area contributed by atoms with E-state index >= 15 is 0 Å². The van der Waals surface area contributed by atoms with Crippen molar-refractivity contribution in [3.63, 3.8) is 0 Å². The number of alkyl halides is 1. The lowest BCUT2D eigenvalue weighted by Gasteiger charge is -2.39. The predicted molar refractivity (Wildman–Crippen MR) is 144 cm³/mol. The number of likely N-dealkylation sites (tertiary alicyclic amines) is 1. The second-order valence-electron chi connectivity index (χ2n) is 9.77. The summed E-state index contributed by atoms with van der Waals surface area (Å²) in [5.41, 5.74) is 3.84. The van der Waals surface area contributed by atoms with Crippen LogP contribution >= 0.6 is 12.4 Å². The number of aromatic nitrogens is 2. The summed E-state index contributed by atoms with van der Waals surface area (Å²) in [6.45, 7) is 1.65. The molecule has 7 nitrogen and oxygen atoms in total. The van der Waals surface area contributed by atoms with Gasteiger partial charge in [0.05, 0.1) is 6.33 Å². The van der Waals surface area contributed by atoms with Crippen LogP contribution in [0.1, 0.15) is 35.4 Å². The number of rotatable bonds is 9. The molecular weight excluding hydrogens is 515 g/mol. The summed E-state index contributed by atoms with van der Waals surface area (Å²) in [4.78, 5) is 6.24. The van der Waals surface area contributed by atoms with E-state index in [0.29, 0.717) is 24.8 Å². The first-order chi connectivity index (χ1) is 17.4. The molecule has 37 heavy (non-hydrogen) atoms. The molecule has 1 aromatic heterocycles. The van der Waals surface area contributed by atoms with Gasteiger partial charge in [0.15, 0.2) is 5.03 Å². The molecule has 2 aliphatic rings. The summed E-state index contributed by atoms with van der Waals surface area (Å²) in [6.07, 6.45) is 5.65. The second-order valence-corrected chi connectivity index (χ2v) is 11.5. The Hall–Kier alpha value is -2.46. The predicted octanol–water partition coefficient (Wildman–Crippen LogP) is 3.88. The minimum Gasteiger partial charge on any atom is -0.492 e. The summed E-state index contributed by atoms with van der Waals surface area (Å²) in [7, 11) is -1.95. The molecule has 0 amide bonds. The van der Waals surface area contributed by atoms with Crippen LogP contribution in [0, 0.1) is 0 Å². The van der Waals surface area contributed by atoms with Crippen LogP contribution in [0.25, 0.3) is 0 Å². The van der Waals surface area contributed by atoms with Crippen LogP contribution in [-0.4, -0.2) is 61.3 Å². The van der Waals surface area contributed by atoms with Gasteiger partial charge >= 0.3 is 0 Å². The molecule has 5 rings (SSSR count). The molecule has 1 aliphatic heterocycles. The Balaban J connectivity index is 0.00000320. The molecule has 1 saturated heterocycles. The fraction of sp³-hybridized carbons (Fsp3) is 0.444. The third kappa shape index (κ3) is 6.52. The number of ether oxygens (including phenoxy) is 1. The third-order valence-corrected chi connectivity index (χ3v) is 8.59. The molecule has 1 aliphatic carbocycles. The molecular formula is C27H34ClFN4O3S. The van der Waals surface area contributed by atoms with Crippen molar-refractivity contribution in [1.82, 2.24) is 19.2 Å². The van der Waals surface area contributed by atoms with E-state index in [0.717, 1.165) is 25.8 Å². The van der Waals surface area contributed by atoms with Crippen molar-refractivity contribution in [3.05, 3.63) is 77.7 Å². The number of halogens is 2. The minimum absolute atomic E-state index is 0. The lowest BCUT2D eigenvalue weighted by molar-refractivity contribution is 0.174. The molecule has 0 saturated carbocycles. The summed E-state index contributed by atoms with van der Waals surface area (Å²) in [6, 6.07) is 16.9. The number of sulfonamides is 1. The maximum absolute atomic E-state index is 14.1. The van der Waals surface area contributed by atoms with Crippen molar-refractivity contribution < 1.29 is 17.5 Å². The van der Waals surface area contributed by atoms with Gasteiger partial charge in [-0.3, -0.25) is 4.90 Å². The van der Waals surface area contributed by atoms with Gasteiger partial charge in [-0.2, -0.15) is 0 Å². The molecule has 2 heterocycles. The quantitative estimate of drug-likeness (QED) is 0.411. The van der Waals surface area contributed by atoms with E-state index in [-0.39, 0.29) is 36.5 Å². The topological polar surface area (TPSA) is 76.5 Å². The number of aryl methyl sites for hydroxylation is 2. The van der Waals surface area contributed by atoms with Crippen LogP contribution < -0.4 is 9.46 Å². The van der Waals surface area contributed by atoms with Gasteiger partial charge in [-0.25, -0.2) is 22.5 Å². The van der Waals surface area contributed by atoms with Crippen LogP contribution in [0.3, 0.4) is 0 Å². The van der Waals surface area contributed by atoms with Gasteiger partial charge in [-0.15, -0.1) is 12.4 Å². The van der Waals surface area contributed by atoms with Gasteiger partial charge in [0, 0.05) is 44.8 Å². The monoisotopic (exact) mass is 548 g/mol. The van der Waals surface area contributed by atoms with Crippen molar-refractivity contribution in [3.8, 4) is 5.75 Å². The van der Waals surface area contributed by atoms with Crippen molar-refractivity contribution in [2.45, 2.75) is 48.8 Å². The number of nitrogens with zero attached hydrogens (tertiary/aromatic N) is 3. The average Bonchev–Trinajstić information content (AvgIpc) is 3.51. The van der Waals surface area contributed by atoms with Gasteiger partial charge < -0.3 is 9.30 Å². The zero-order valence-electron chi connectivity index (χ0n) is 20.9. The molecule has 200 valence electrons. The average molecular weight is 549 g/mol. The highest BCUT2D eigenvalue weighted by atomic mass is 35.5. The summed E-state index contributed by atoms with van der Waals surface area (Å²) < 4.78 is 48.9. The molecule has 10 heteroatoms. The van der Waals surface area contributed by atoms with Crippen molar-refractivity contribution in [1.29, 1.82) is 0 Å². The molecule has 1 fully saturated rings. The first kappa shape index (κ1) is 27.6. The van der Waals surface area contributed by atoms with Gasteiger partial charge in [0.25, 0.3) is 10.0 Å². The molecule has 0 spiro atoms. The molecule has 0 radical (unpaired) electrons. The lowest BCUT2D eigenvalue weighted by atomic mass is 9.75. The number of imidazole rings is 1. The fourth-order valence-corrected chi connectivity index (χ4v) is 6.48. The van der Waals surface area contributed by atoms with Crippen LogP contribution in [-0.2, 0) is 29.9 Å². The summed E-state index contributed by atoms with van der Waals surface area (Å²) in [5, 5.41) is -0.00833. The zero-order valence-corrected chi connectivity index (χ0v) is 22.6. The van der Waals surface area contributed by atoms with E-state index in [9.17, 15) is 12.8 Å². The highest BCUT2D eigenvalue weighted by molar-refractivity contribution is 7.89. The van der Waals surface area contributed by atoms with Crippen LogP contribution in [0.15, 0.2) is 66.1 Å². The van der Waals surface area contributed by atoms with Gasteiger partial charge in [0.1, 0.15) is 18.5 Å². The smallest absolute Gasteiger partial charge is 0.259 e. The maximum Gasteiger partial charge on any atom is 0.259 e. The van der Waals surface area contributed by atoms with Crippen molar-refractivity contribution in [2.24, 2.45) is 7.05 Å². The number of hydrogen-bond donors (Lipinski definition) is 1. The van der Waals surface area contributed by atoms with E-state index in [4.69, 9.17) is 4.74 Å². The zero-order chi connectivity index (χ0) is 25.1. The van der Waals surface area contributed by atoms with Crippen LogP contribution in [0.5, 0.6) is 5.75 Å². The van der Waals surface area contributed by atoms with Gasteiger partial charge in [0.2, 0.25) is 0 Å². The molecule has 3 atom stereocenters. The van der Waals surface area contributed by atoms with Crippen molar-refractivity contribution >= 4 is 22.4 Å². The largest absolute Gasteiger partial charge is 0.492 e. The lowest BCUT2D eigenvalue weighted by Crippen LogP contribution is -2.42. The highest BCUT2D eigenvalue weighted by Gasteiger charge is 2.37. The molecule has 3 aromatic rings. The van der Waals surface area contributed by atoms with E-state index in [1.54, 1.807) is 11.6 Å². The fourth-order valence-electron chi connectivity index (χ4n) is 5.49. The normalized spacial score (nSPS) is 21.8. The van der Waals surface area contributed by atoms with E-state index in [1.807, 2.05) is 12.1 Å². The number of fused-ring (bicyclic) bond motifs is 1. The number of nitrogens with one attached hydrogen (secondary N) is 1. The summed E-state index contributed by atoms with van der Waals surface area (Å²) in [5.74, 6) is 0.960. The Kier molecular flexibility index (Phi) is 8.90. The third-order valence-electron chi connectivity index (χ3n) is 7.24. The van der Waals surface area contributed by atoms with Crippen LogP contribution in [0.4, 0.5) is 4.39 Å². The maximum atomic E-state index is 14.1. The van der Waals surface area contributed by atoms with E-state index in [2.05, 4.69) is 51.0 Å². The van der Waals surface area contributed by atoms with E-state index < -0.39 is 16.2 Å². The highest BCUT2D eigenvalue weighted by Crippen LogP contribution is 2.40. The molecule has 0 bridgehead atoms. The Labute approximate surface area is 224 Å². The molecule has 2 aromatic carbocycles. The Morgan fingerprint density at radius 1 is 1.16 bits per heavy atom. The minimum atomic E-state index is -3.67. The number of hydrogen-bond acceptors (Lipinski definition) is 5. The Morgan fingerprint density at radius 3 is 2.68 bits per heavy atom. The van der Waals surface area contributed by atoms with E-state index in [1.165, 1.54) is 29.2 Å². The first-order valence-electron chi connectivity index (χ1n) is 12.5. The molecule has 3 unspecified atom stereocenters.